The highest BCUT2D eigenvalue weighted by molar-refractivity contribution is 7.12. The smallest absolute Gasteiger partial charge is 0.354 e. The zero-order chi connectivity index (χ0) is 20.2. The van der Waals surface area contributed by atoms with Gasteiger partial charge >= 0.3 is 5.97 Å². The largest absolute Gasteiger partial charge is 0.454 e. The van der Waals surface area contributed by atoms with Crippen molar-refractivity contribution in [3.8, 4) is 0 Å². The molecule has 1 aromatic carbocycles. The standard InChI is InChI=1S/C21H18N2O5S/c24-16(17-6-3-11-29-17)12-28-20(27)21-10-9-18(25)23(21)15-5-2-1-4-14(15)19(26)22(21)13-7-8-13/h1-6,11,13H,7-10,12H2/t21-/m1/s1. The molecular weight excluding hydrogens is 392 g/mol. The minimum atomic E-state index is -1.51. The molecule has 2 amide bonds. The van der Waals surface area contributed by atoms with Gasteiger partial charge < -0.3 is 9.64 Å². The summed E-state index contributed by atoms with van der Waals surface area (Å²) in [6.07, 6.45) is 1.85. The SMILES string of the molecule is O=C(COC(=O)[C@@]12CCC(=O)N1c1ccccc1C(=O)N2C1CC1)c1cccs1. The number of fused-ring (bicyclic) bond motifs is 3. The van der Waals surface area contributed by atoms with E-state index in [1.165, 1.54) is 21.1 Å². The Morgan fingerprint density at radius 1 is 1.14 bits per heavy atom. The van der Waals surface area contributed by atoms with Crippen LogP contribution >= 0.6 is 11.3 Å². The van der Waals surface area contributed by atoms with E-state index in [0.29, 0.717) is 16.1 Å². The fourth-order valence-corrected chi connectivity index (χ4v) is 4.92. The zero-order valence-corrected chi connectivity index (χ0v) is 16.3. The molecule has 0 bridgehead atoms. The first-order valence-electron chi connectivity index (χ1n) is 9.54. The van der Waals surface area contributed by atoms with E-state index in [2.05, 4.69) is 0 Å². The first kappa shape index (κ1) is 18.1. The molecule has 3 heterocycles. The second kappa shape index (κ2) is 6.52. The average Bonchev–Trinajstić information content (AvgIpc) is 3.27. The van der Waals surface area contributed by atoms with Crippen molar-refractivity contribution in [2.24, 2.45) is 0 Å². The van der Waals surface area contributed by atoms with E-state index in [4.69, 9.17) is 4.74 Å². The molecule has 29 heavy (non-hydrogen) atoms. The molecule has 2 aliphatic heterocycles. The van der Waals surface area contributed by atoms with Gasteiger partial charge in [0.2, 0.25) is 17.4 Å². The highest BCUT2D eigenvalue weighted by Gasteiger charge is 2.64. The van der Waals surface area contributed by atoms with Crippen LogP contribution in [0.2, 0.25) is 0 Å². The number of carbonyl (C=O) groups excluding carboxylic acids is 4. The van der Waals surface area contributed by atoms with Crippen molar-refractivity contribution in [1.82, 2.24) is 4.90 Å². The first-order chi connectivity index (χ1) is 14.0. The number of carbonyl (C=O) groups is 4. The Labute approximate surface area is 170 Å². The van der Waals surface area contributed by atoms with Crippen LogP contribution in [0.1, 0.15) is 45.7 Å². The number of amides is 2. The third-order valence-electron chi connectivity index (χ3n) is 5.67. The second-order valence-corrected chi connectivity index (χ2v) is 8.39. The van der Waals surface area contributed by atoms with Crippen LogP contribution in [0, 0.1) is 0 Å². The number of ketones is 1. The van der Waals surface area contributed by atoms with Crippen LogP contribution in [0.3, 0.4) is 0 Å². The third kappa shape index (κ3) is 2.62. The lowest BCUT2D eigenvalue weighted by molar-refractivity contribution is -0.156. The van der Waals surface area contributed by atoms with Gasteiger partial charge in [-0.25, -0.2) is 4.79 Å². The van der Waals surface area contributed by atoms with E-state index in [9.17, 15) is 19.2 Å². The van der Waals surface area contributed by atoms with Crippen molar-refractivity contribution in [2.75, 3.05) is 11.5 Å². The number of hydrogen-bond donors (Lipinski definition) is 0. The van der Waals surface area contributed by atoms with Crippen LogP contribution in [-0.2, 0) is 14.3 Å². The Morgan fingerprint density at radius 2 is 1.93 bits per heavy atom. The minimum absolute atomic E-state index is 0.107. The number of thiophene rings is 1. The molecule has 8 heteroatoms. The van der Waals surface area contributed by atoms with Crippen LogP contribution in [0.25, 0.3) is 0 Å². The summed E-state index contributed by atoms with van der Waals surface area (Å²) in [7, 11) is 0. The molecule has 0 spiro atoms. The van der Waals surface area contributed by atoms with Crippen LogP contribution in [-0.4, -0.2) is 46.8 Å². The van der Waals surface area contributed by atoms with Gasteiger partial charge in [-0.05, 0) is 36.4 Å². The molecule has 148 valence electrons. The summed E-state index contributed by atoms with van der Waals surface area (Å²) in [6.45, 7) is -0.419. The summed E-state index contributed by atoms with van der Waals surface area (Å²) in [5.74, 6) is -1.52. The maximum Gasteiger partial charge on any atom is 0.354 e. The maximum absolute atomic E-state index is 13.4. The topological polar surface area (TPSA) is 84.0 Å². The predicted octanol–water partition coefficient (Wildman–Crippen LogP) is 2.62. The summed E-state index contributed by atoms with van der Waals surface area (Å²) in [6, 6.07) is 10.1. The Bertz CT molecular complexity index is 1030. The van der Waals surface area contributed by atoms with Crippen molar-refractivity contribution in [2.45, 2.75) is 37.4 Å². The number of benzene rings is 1. The lowest BCUT2D eigenvalue weighted by Crippen LogP contribution is -2.69. The Balaban J connectivity index is 1.53. The number of nitrogens with zero attached hydrogens (tertiary/aromatic N) is 2. The van der Waals surface area contributed by atoms with Gasteiger partial charge in [-0.1, -0.05) is 18.2 Å². The molecule has 3 aliphatic rings. The monoisotopic (exact) mass is 410 g/mol. The molecule has 7 nitrogen and oxygen atoms in total. The molecule has 1 aliphatic carbocycles. The Kier molecular flexibility index (Phi) is 4.06. The molecule has 2 aromatic rings. The van der Waals surface area contributed by atoms with Crippen LogP contribution < -0.4 is 4.90 Å². The number of esters is 1. The summed E-state index contributed by atoms with van der Waals surface area (Å²) in [5, 5.41) is 1.77. The zero-order valence-electron chi connectivity index (χ0n) is 15.5. The van der Waals surface area contributed by atoms with Crippen molar-refractivity contribution in [3.05, 3.63) is 52.2 Å². The molecule has 2 fully saturated rings. The van der Waals surface area contributed by atoms with E-state index in [-0.39, 0.29) is 36.5 Å². The summed E-state index contributed by atoms with van der Waals surface area (Å²) in [5.41, 5.74) is -0.675. The second-order valence-electron chi connectivity index (χ2n) is 7.45. The van der Waals surface area contributed by atoms with Crippen LogP contribution in [0.15, 0.2) is 41.8 Å². The summed E-state index contributed by atoms with van der Waals surface area (Å²) in [4.78, 5) is 55.2. The molecular formula is C21H18N2O5S. The number of anilines is 1. The van der Waals surface area contributed by atoms with E-state index >= 15 is 0 Å². The molecule has 0 unspecified atom stereocenters. The summed E-state index contributed by atoms with van der Waals surface area (Å²) >= 11 is 1.27. The van der Waals surface area contributed by atoms with Crippen molar-refractivity contribution in [3.63, 3.8) is 0 Å². The Hall–Kier alpha value is -3.00. The molecule has 0 radical (unpaired) electrons. The lowest BCUT2D eigenvalue weighted by atomic mass is 9.96. The molecule has 1 aromatic heterocycles. The third-order valence-corrected chi connectivity index (χ3v) is 6.58. The molecule has 0 N–H and O–H groups in total. The number of ether oxygens (including phenoxy) is 1. The predicted molar refractivity (Wildman–Crippen MR) is 105 cm³/mol. The van der Waals surface area contributed by atoms with Crippen molar-refractivity contribution < 1.29 is 23.9 Å². The molecule has 1 atom stereocenters. The minimum Gasteiger partial charge on any atom is -0.454 e. The number of Topliss-reactive ketones (excluding diaryl/α,β-unsaturated/α-hetero) is 1. The van der Waals surface area contributed by atoms with Gasteiger partial charge in [0.05, 0.1) is 16.1 Å². The molecule has 5 rings (SSSR count). The van der Waals surface area contributed by atoms with E-state index in [1.54, 1.807) is 41.8 Å². The number of rotatable bonds is 5. The van der Waals surface area contributed by atoms with Gasteiger partial charge in [-0.3, -0.25) is 19.3 Å². The summed E-state index contributed by atoms with van der Waals surface area (Å²) < 4.78 is 5.42. The van der Waals surface area contributed by atoms with E-state index < -0.39 is 18.2 Å². The number of hydrogen-bond acceptors (Lipinski definition) is 6. The van der Waals surface area contributed by atoms with Gasteiger partial charge in [-0.15, -0.1) is 11.3 Å². The fourth-order valence-electron chi connectivity index (χ4n) is 4.27. The van der Waals surface area contributed by atoms with Crippen molar-refractivity contribution >= 4 is 40.6 Å². The average molecular weight is 410 g/mol. The lowest BCUT2D eigenvalue weighted by Gasteiger charge is -2.48. The van der Waals surface area contributed by atoms with Crippen LogP contribution in [0.4, 0.5) is 5.69 Å². The van der Waals surface area contributed by atoms with Gasteiger partial charge in [0.15, 0.2) is 6.61 Å². The highest BCUT2D eigenvalue weighted by atomic mass is 32.1. The normalized spacial score (nSPS) is 23.0. The van der Waals surface area contributed by atoms with Gasteiger partial charge in [0.25, 0.3) is 5.91 Å². The highest BCUT2D eigenvalue weighted by Crippen LogP contribution is 2.49. The van der Waals surface area contributed by atoms with Gasteiger partial charge in [0.1, 0.15) is 0 Å². The first-order valence-corrected chi connectivity index (χ1v) is 10.4. The number of para-hydroxylation sites is 1. The maximum atomic E-state index is 13.4. The quantitative estimate of drug-likeness (QED) is 0.559. The van der Waals surface area contributed by atoms with Crippen LogP contribution in [0.5, 0.6) is 0 Å². The van der Waals surface area contributed by atoms with Gasteiger partial charge in [-0.2, -0.15) is 0 Å². The van der Waals surface area contributed by atoms with Crippen molar-refractivity contribution in [1.29, 1.82) is 0 Å². The fraction of sp³-hybridized carbons (Fsp3) is 0.333. The van der Waals surface area contributed by atoms with E-state index in [1.807, 2.05) is 0 Å². The van der Waals surface area contributed by atoms with E-state index in [0.717, 1.165) is 12.8 Å². The Morgan fingerprint density at radius 3 is 2.66 bits per heavy atom. The van der Waals surface area contributed by atoms with Gasteiger partial charge in [0, 0.05) is 18.9 Å². The molecule has 1 saturated heterocycles. The molecule has 1 saturated carbocycles.